The largest absolute Gasteiger partial charge is 0.280 e. The maximum absolute atomic E-state index is 11.3. The zero-order valence-corrected chi connectivity index (χ0v) is 13.3. The van der Waals surface area contributed by atoms with Crippen molar-refractivity contribution in [1.82, 2.24) is 0 Å². The van der Waals surface area contributed by atoms with Crippen LogP contribution in [0.3, 0.4) is 0 Å². The summed E-state index contributed by atoms with van der Waals surface area (Å²) in [5.74, 6) is 0. The Hall–Kier alpha value is -0.120. The van der Waals surface area contributed by atoms with E-state index in [2.05, 4.69) is 6.92 Å². The Morgan fingerprint density at radius 3 is 1.47 bits per heavy atom. The summed E-state index contributed by atoms with van der Waals surface area (Å²) in [4.78, 5) is 33.9. The number of hydrogen-bond donors (Lipinski definition) is 0. The van der Waals surface area contributed by atoms with E-state index in [1.54, 1.807) is 0 Å². The van der Waals surface area contributed by atoms with Crippen LogP contribution >= 0.6 is 34.8 Å². The van der Waals surface area contributed by atoms with Gasteiger partial charge in [-0.15, -0.1) is 0 Å². The molecule has 6 heteroatoms. The first-order valence-corrected chi connectivity index (χ1v) is 7.62. The van der Waals surface area contributed by atoms with Crippen LogP contribution in [0.15, 0.2) is 0 Å². The average Bonchev–Trinajstić information content (AvgIpc) is 2.31. The average molecular weight is 330 g/mol. The van der Waals surface area contributed by atoms with Crippen molar-refractivity contribution >= 4 is 50.5 Å². The summed E-state index contributed by atoms with van der Waals surface area (Å²) in [6, 6.07) is 0. The van der Waals surface area contributed by atoms with Gasteiger partial charge in [-0.25, -0.2) is 0 Å². The van der Waals surface area contributed by atoms with Crippen molar-refractivity contribution in [2.24, 2.45) is 5.41 Å². The monoisotopic (exact) mass is 328 g/mol. The first-order valence-electron chi connectivity index (χ1n) is 6.49. The van der Waals surface area contributed by atoms with E-state index in [1.165, 1.54) is 19.3 Å². The first kappa shape index (κ1) is 18.9. The van der Waals surface area contributed by atoms with Gasteiger partial charge in [0.1, 0.15) is 0 Å². The molecule has 0 rings (SSSR count). The molecule has 0 unspecified atom stereocenters. The third kappa shape index (κ3) is 5.80. The second-order valence-electron chi connectivity index (χ2n) is 4.60. The van der Waals surface area contributed by atoms with Gasteiger partial charge in [0, 0.05) is 0 Å². The molecular weight excluding hydrogens is 310 g/mol. The fourth-order valence-electron chi connectivity index (χ4n) is 1.87. The Morgan fingerprint density at radius 1 is 0.737 bits per heavy atom. The lowest BCUT2D eigenvalue weighted by atomic mass is 9.86. The molecule has 0 fully saturated rings. The van der Waals surface area contributed by atoms with Crippen LogP contribution in [0.25, 0.3) is 0 Å². The number of carbonyl (C=O) groups is 3. The van der Waals surface area contributed by atoms with Gasteiger partial charge in [0.2, 0.25) is 15.7 Å². The van der Waals surface area contributed by atoms with Crippen molar-refractivity contribution in [2.45, 2.75) is 58.3 Å². The molecule has 0 bridgehead atoms. The molecule has 0 amide bonds. The van der Waals surface area contributed by atoms with E-state index in [0.717, 1.165) is 19.3 Å². The molecule has 0 spiro atoms. The molecule has 0 heterocycles. The van der Waals surface area contributed by atoms with Gasteiger partial charge in [-0.05, 0) is 41.2 Å². The van der Waals surface area contributed by atoms with E-state index in [9.17, 15) is 14.4 Å². The van der Waals surface area contributed by atoms with Crippen LogP contribution in [-0.2, 0) is 14.4 Å². The second-order valence-corrected chi connectivity index (χ2v) is 5.63. The van der Waals surface area contributed by atoms with E-state index in [1.807, 2.05) is 0 Å². The standard InChI is InChI=1S/C13H19Cl3O3/c1-2-3-4-5-6-7-8-9-13(10(14)17,11(15)18)12(16)19/h2-9H2,1H3. The molecule has 19 heavy (non-hydrogen) atoms. The Labute approximate surface area is 129 Å². The first-order chi connectivity index (χ1) is 8.89. The maximum atomic E-state index is 11.3. The summed E-state index contributed by atoms with van der Waals surface area (Å²) in [6.07, 6.45) is 6.92. The van der Waals surface area contributed by atoms with Gasteiger partial charge < -0.3 is 0 Å². The number of halogens is 3. The summed E-state index contributed by atoms with van der Waals surface area (Å²) in [5, 5.41) is -3.30. The summed E-state index contributed by atoms with van der Waals surface area (Å²) in [5.41, 5.74) is -2.08. The highest BCUT2D eigenvalue weighted by molar-refractivity contribution is 6.83. The molecule has 110 valence electrons. The fourth-order valence-corrected chi connectivity index (χ4v) is 2.82. The van der Waals surface area contributed by atoms with E-state index in [-0.39, 0.29) is 6.42 Å². The number of unbranched alkanes of at least 4 members (excludes halogenated alkanes) is 6. The van der Waals surface area contributed by atoms with Crippen molar-refractivity contribution in [3.63, 3.8) is 0 Å². The van der Waals surface area contributed by atoms with E-state index < -0.39 is 21.1 Å². The summed E-state index contributed by atoms with van der Waals surface area (Å²) < 4.78 is 0. The van der Waals surface area contributed by atoms with Crippen LogP contribution in [0.2, 0.25) is 0 Å². The van der Waals surface area contributed by atoms with Gasteiger partial charge in [-0.2, -0.15) is 0 Å². The molecule has 3 nitrogen and oxygen atoms in total. The van der Waals surface area contributed by atoms with Gasteiger partial charge >= 0.3 is 0 Å². The molecule has 0 aliphatic heterocycles. The van der Waals surface area contributed by atoms with Crippen LogP contribution < -0.4 is 0 Å². The fraction of sp³-hybridized carbons (Fsp3) is 0.769. The summed E-state index contributed by atoms with van der Waals surface area (Å²) in [7, 11) is 0. The van der Waals surface area contributed by atoms with Crippen molar-refractivity contribution in [3.8, 4) is 0 Å². The molecule has 0 N–H and O–H groups in total. The molecule has 0 atom stereocenters. The minimum absolute atomic E-state index is 0.0201. The lowest BCUT2D eigenvalue weighted by Crippen LogP contribution is -2.39. The minimum atomic E-state index is -2.08. The highest BCUT2D eigenvalue weighted by Crippen LogP contribution is 2.34. The topological polar surface area (TPSA) is 51.2 Å². The Bertz CT molecular complexity index is 293. The molecule has 0 aliphatic carbocycles. The maximum Gasteiger partial charge on any atom is 0.245 e. The molecule has 0 aromatic heterocycles. The van der Waals surface area contributed by atoms with Crippen molar-refractivity contribution < 1.29 is 14.4 Å². The van der Waals surface area contributed by atoms with E-state index >= 15 is 0 Å². The Balaban J connectivity index is 4.26. The SMILES string of the molecule is CCCCCCCCCC(C(=O)Cl)(C(=O)Cl)C(=O)Cl. The normalized spacial score (nSPS) is 11.4. The smallest absolute Gasteiger partial charge is 0.245 e. The quantitative estimate of drug-likeness (QED) is 0.320. The second kappa shape index (κ2) is 9.73. The third-order valence-electron chi connectivity index (χ3n) is 3.16. The van der Waals surface area contributed by atoms with E-state index in [4.69, 9.17) is 34.8 Å². The van der Waals surface area contributed by atoms with Gasteiger partial charge in [0.25, 0.3) is 0 Å². The predicted octanol–water partition coefficient (Wildman–Crippen LogP) is 4.41. The van der Waals surface area contributed by atoms with E-state index in [0.29, 0.717) is 6.42 Å². The lowest BCUT2D eigenvalue weighted by Gasteiger charge is -2.20. The lowest BCUT2D eigenvalue weighted by molar-refractivity contribution is -0.139. The van der Waals surface area contributed by atoms with Crippen LogP contribution in [0.4, 0.5) is 0 Å². The van der Waals surface area contributed by atoms with Crippen molar-refractivity contribution in [3.05, 3.63) is 0 Å². The van der Waals surface area contributed by atoms with Crippen LogP contribution in [0.5, 0.6) is 0 Å². The third-order valence-corrected chi connectivity index (χ3v) is 4.13. The molecule has 0 aromatic carbocycles. The predicted molar refractivity (Wildman–Crippen MR) is 77.6 cm³/mol. The molecule has 0 aliphatic rings. The van der Waals surface area contributed by atoms with Gasteiger partial charge in [-0.1, -0.05) is 51.9 Å². The van der Waals surface area contributed by atoms with Gasteiger partial charge in [0.15, 0.2) is 5.41 Å². The Morgan fingerprint density at radius 2 is 1.11 bits per heavy atom. The number of rotatable bonds is 11. The zero-order chi connectivity index (χ0) is 14.9. The highest BCUT2D eigenvalue weighted by atomic mass is 35.5. The zero-order valence-electron chi connectivity index (χ0n) is 11.0. The molecule has 0 aromatic rings. The molecule has 0 saturated heterocycles. The summed E-state index contributed by atoms with van der Waals surface area (Å²) >= 11 is 16.0. The number of carbonyl (C=O) groups excluding carboxylic acids is 3. The van der Waals surface area contributed by atoms with Crippen LogP contribution in [0, 0.1) is 5.41 Å². The molecule has 0 radical (unpaired) electrons. The van der Waals surface area contributed by atoms with Crippen molar-refractivity contribution in [1.29, 1.82) is 0 Å². The molecular formula is C13H19Cl3O3. The Kier molecular flexibility index (Phi) is 9.67. The van der Waals surface area contributed by atoms with Crippen molar-refractivity contribution in [2.75, 3.05) is 0 Å². The van der Waals surface area contributed by atoms with Gasteiger partial charge in [0.05, 0.1) is 0 Å². The summed E-state index contributed by atoms with van der Waals surface area (Å²) in [6.45, 7) is 2.14. The van der Waals surface area contributed by atoms with Crippen LogP contribution in [-0.4, -0.2) is 15.7 Å². The number of hydrogen-bond acceptors (Lipinski definition) is 3. The molecule has 0 saturated carbocycles. The highest BCUT2D eigenvalue weighted by Gasteiger charge is 2.49. The minimum Gasteiger partial charge on any atom is -0.280 e. The van der Waals surface area contributed by atoms with Gasteiger partial charge in [-0.3, -0.25) is 14.4 Å². The van der Waals surface area contributed by atoms with Crippen LogP contribution in [0.1, 0.15) is 58.3 Å².